The van der Waals surface area contributed by atoms with E-state index >= 15 is 0 Å². The van der Waals surface area contributed by atoms with E-state index in [9.17, 15) is 9.59 Å². The van der Waals surface area contributed by atoms with E-state index in [2.05, 4.69) is 10.5 Å². The number of aromatic nitrogens is 1. The molecule has 29 heavy (non-hydrogen) atoms. The Balaban J connectivity index is 1.59. The Kier molecular flexibility index (Phi) is 6.72. The molecule has 0 radical (unpaired) electrons. The van der Waals surface area contributed by atoms with Crippen molar-refractivity contribution in [1.82, 2.24) is 5.16 Å². The first kappa shape index (κ1) is 20.7. The summed E-state index contributed by atoms with van der Waals surface area (Å²) in [6.07, 6.45) is 0. The summed E-state index contributed by atoms with van der Waals surface area (Å²) in [6.45, 7) is 5.33. The van der Waals surface area contributed by atoms with Gasteiger partial charge in [-0.05, 0) is 50.1 Å². The van der Waals surface area contributed by atoms with Crippen LogP contribution in [0.4, 0.5) is 5.69 Å². The van der Waals surface area contributed by atoms with E-state index in [1.54, 1.807) is 12.1 Å². The van der Waals surface area contributed by atoms with Crippen molar-refractivity contribution in [3.63, 3.8) is 0 Å². The maximum Gasteiger partial charge on any atom is 0.339 e. The second-order valence-electron chi connectivity index (χ2n) is 6.66. The van der Waals surface area contributed by atoms with Crippen LogP contribution in [0.3, 0.4) is 0 Å². The predicted molar refractivity (Wildman–Crippen MR) is 112 cm³/mol. The number of hydrogen-bond donors (Lipinski definition) is 1. The zero-order valence-corrected chi connectivity index (χ0v) is 17.3. The summed E-state index contributed by atoms with van der Waals surface area (Å²) in [5.41, 5.74) is 3.90. The van der Waals surface area contributed by atoms with E-state index in [4.69, 9.17) is 9.26 Å². The van der Waals surface area contributed by atoms with Gasteiger partial charge >= 0.3 is 5.97 Å². The minimum absolute atomic E-state index is 0.353. The van der Waals surface area contributed by atoms with Gasteiger partial charge in [-0.25, -0.2) is 4.79 Å². The van der Waals surface area contributed by atoms with Gasteiger partial charge in [0, 0.05) is 22.4 Å². The van der Waals surface area contributed by atoms with Gasteiger partial charge in [0.1, 0.15) is 5.76 Å². The van der Waals surface area contributed by atoms with Crippen LogP contribution in [0.1, 0.15) is 32.9 Å². The fraction of sp³-hybridized carbons (Fsp3) is 0.227. The minimum Gasteiger partial charge on any atom is -0.452 e. The molecule has 0 bridgehead atoms. The Morgan fingerprint density at radius 3 is 2.66 bits per heavy atom. The lowest BCUT2D eigenvalue weighted by Gasteiger charge is -2.11. The van der Waals surface area contributed by atoms with Gasteiger partial charge in [0.15, 0.2) is 6.61 Å². The van der Waals surface area contributed by atoms with Crippen LogP contribution < -0.4 is 5.32 Å². The number of anilines is 1. The van der Waals surface area contributed by atoms with Gasteiger partial charge in [-0.15, -0.1) is 11.8 Å². The van der Waals surface area contributed by atoms with Crippen LogP contribution in [0.15, 0.2) is 57.9 Å². The Hall–Kier alpha value is -3.06. The van der Waals surface area contributed by atoms with Crippen LogP contribution in [0, 0.1) is 20.8 Å². The van der Waals surface area contributed by atoms with E-state index in [0.717, 1.165) is 27.5 Å². The van der Waals surface area contributed by atoms with Crippen molar-refractivity contribution >= 4 is 29.3 Å². The molecule has 0 aliphatic carbocycles. The van der Waals surface area contributed by atoms with Gasteiger partial charge in [-0.3, -0.25) is 4.79 Å². The Bertz CT molecular complexity index is 1030. The number of aryl methyl sites for hydroxylation is 3. The van der Waals surface area contributed by atoms with Crippen molar-refractivity contribution in [1.29, 1.82) is 0 Å². The van der Waals surface area contributed by atoms with Crippen LogP contribution >= 0.6 is 11.8 Å². The number of carbonyl (C=O) groups excluding carboxylic acids is 2. The standard InChI is InChI=1S/C22H22N2O4S/c1-14-8-9-15(2)19(10-14)23-21(25)12-27-22(26)18-6-4-5-7-20(18)29-13-17-11-16(3)28-24-17/h4-11H,12-13H2,1-3H3,(H,23,25). The molecule has 1 heterocycles. The highest BCUT2D eigenvalue weighted by atomic mass is 32.2. The maximum absolute atomic E-state index is 12.5. The molecule has 1 N–H and O–H groups in total. The lowest BCUT2D eigenvalue weighted by Crippen LogP contribution is -2.21. The van der Waals surface area contributed by atoms with E-state index in [1.807, 2.05) is 57.2 Å². The molecule has 1 aromatic heterocycles. The third kappa shape index (κ3) is 5.71. The molecule has 0 saturated heterocycles. The number of benzene rings is 2. The van der Waals surface area contributed by atoms with Crippen LogP contribution in [0.25, 0.3) is 0 Å². The zero-order valence-electron chi connectivity index (χ0n) is 16.5. The molecule has 0 aliphatic heterocycles. The SMILES string of the molecule is Cc1ccc(C)c(NC(=O)COC(=O)c2ccccc2SCc2cc(C)on2)c1. The van der Waals surface area contributed by atoms with E-state index in [1.165, 1.54) is 11.8 Å². The predicted octanol–water partition coefficient (Wildman–Crippen LogP) is 4.69. The molecule has 0 unspecified atom stereocenters. The van der Waals surface area contributed by atoms with Gasteiger partial charge in [0.05, 0.1) is 11.3 Å². The van der Waals surface area contributed by atoms with Gasteiger partial charge in [-0.2, -0.15) is 0 Å². The average Bonchev–Trinajstić information content (AvgIpc) is 3.13. The Morgan fingerprint density at radius 2 is 1.90 bits per heavy atom. The summed E-state index contributed by atoms with van der Waals surface area (Å²) >= 11 is 1.46. The summed E-state index contributed by atoms with van der Waals surface area (Å²) in [6, 6.07) is 14.8. The average molecular weight is 410 g/mol. The number of hydrogen-bond acceptors (Lipinski definition) is 6. The lowest BCUT2D eigenvalue weighted by atomic mass is 10.1. The molecule has 7 heteroatoms. The van der Waals surface area contributed by atoms with Crippen molar-refractivity contribution in [2.24, 2.45) is 0 Å². The number of amides is 1. The van der Waals surface area contributed by atoms with Crippen molar-refractivity contribution in [2.75, 3.05) is 11.9 Å². The van der Waals surface area contributed by atoms with E-state index in [-0.39, 0.29) is 12.5 Å². The molecular formula is C22H22N2O4S. The lowest BCUT2D eigenvalue weighted by molar-refractivity contribution is -0.119. The molecule has 6 nitrogen and oxygen atoms in total. The highest BCUT2D eigenvalue weighted by Gasteiger charge is 2.15. The number of nitrogens with one attached hydrogen (secondary N) is 1. The van der Waals surface area contributed by atoms with Gasteiger partial charge in [-0.1, -0.05) is 29.4 Å². The second kappa shape index (κ2) is 9.43. The molecule has 2 aromatic carbocycles. The summed E-state index contributed by atoms with van der Waals surface area (Å²) < 4.78 is 10.3. The smallest absolute Gasteiger partial charge is 0.339 e. The summed E-state index contributed by atoms with van der Waals surface area (Å²) in [5.74, 6) is 0.383. The third-order valence-electron chi connectivity index (χ3n) is 4.16. The highest BCUT2D eigenvalue weighted by Crippen LogP contribution is 2.26. The number of rotatable bonds is 7. The molecule has 3 rings (SSSR count). The van der Waals surface area contributed by atoms with Crippen molar-refractivity contribution in [3.05, 3.63) is 76.7 Å². The zero-order chi connectivity index (χ0) is 20.8. The first-order chi connectivity index (χ1) is 13.9. The van der Waals surface area contributed by atoms with Crippen LogP contribution in [-0.2, 0) is 15.3 Å². The summed E-state index contributed by atoms with van der Waals surface area (Å²) in [7, 11) is 0. The van der Waals surface area contributed by atoms with Crippen LogP contribution in [0.2, 0.25) is 0 Å². The van der Waals surface area contributed by atoms with Crippen molar-refractivity contribution < 1.29 is 18.8 Å². The number of thioether (sulfide) groups is 1. The molecule has 1 amide bonds. The molecule has 0 saturated carbocycles. The number of ether oxygens (including phenoxy) is 1. The van der Waals surface area contributed by atoms with Gasteiger partial charge in [0.25, 0.3) is 5.91 Å². The molecule has 150 valence electrons. The van der Waals surface area contributed by atoms with Crippen molar-refractivity contribution in [2.45, 2.75) is 31.4 Å². The van der Waals surface area contributed by atoms with Crippen LogP contribution in [0.5, 0.6) is 0 Å². The quantitative estimate of drug-likeness (QED) is 0.450. The number of esters is 1. The monoisotopic (exact) mass is 410 g/mol. The molecular weight excluding hydrogens is 388 g/mol. The van der Waals surface area contributed by atoms with Crippen molar-refractivity contribution in [3.8, 4) is 0 Å². The topological polar surface area (TPSA) is 81.4 Å². The largest absolute Gasteiger partial charge is 0.452 e. The molecule has 0 spiro atoms. The van der Waals surface area contributed by atoms with E-state index < -0.39 is 5.97 Å². The molecule has 0 aliphatic rings. The molecule has 3 aromatic rings. The minimum atomic E-state index is -0.541. The number of carbonyl (C=O) groups is 2. The van der Waals surface area contributed by atoms with Gasteiger partial charge < -0.3 is 14.6 Å². The van der Waals surface area contributed by atoms with Gasteiger partial charge in [0.2, 0.25) is 0 Å². The summed E-state index contributed by atoms with van der Waals surface area (Å²) in [4.78, 5) is 25.5. The Morgan fingerprint density at radius 1 is 1.10 bits per heavy atom. The molecule has 0 fully saturated rings. The van der Waals surface area contributed by atoms with Crippen LogP contribution in [-0.4, -0.2) is 23.6 Å². The molecule has 0 atom stereocenters. The maximum atomic E-state index is 12.5. The van der Waals surface area contributed by atoms with E-state index in [0.29, 0.717) is 17.0 Å². The first-order valence-corrected chi connectivity index (χ1v) is 10.1. The first-order valence-electron chi connectivity index (χ1n) is 9.10. The number of nitrogens with zero attached hydrogens (tertiary/aromatic N) is 1. The second-order valence-corrected chi connectivity index (χ2v) is 7.67. The highest BCUT2D eigenvalue weighted by molar-refractivity contribution is 7.98. The summed E-state index contributed by atoms with van der Waals surface area (Å²) in [5, 5.41) is 6.73. The fourth-order valence-electron chi connectivity index (χ4n) is 2.66. The normalized spacial score (nSPS) is 10.6. The Labute approximate surface area is 173 Å². The third-order valence-corrected chi connectivity index (χ3v) is 5.27. The fourth-order valence-corrected chi connectivity index (χ4v) is 3.59.